The first kappa shape index (κ1) is 21.8. The maximum absolute atomic E-state index is 14.1. The van der Waals surface area contributed by atoms with Gasteiger partial charge in [0.25, 0.3) is 0 Å². The molecular weight excluding hydrogens is 403 g/mol. The van der Waals surface area contributed by atoms with Crippen LogP contribution in [0.15, 0.2) is 36.5 Å². The van der Waals surface area contributed by atoms with Gasteiger partial charge in [0.05, 0.1) is 18.4 Å². The van der Waals surface area contributed by atoms with Gasteiger partial charge in [-0.3, -0.25) is 0 Å². The second-order valence-corrected chi connectivity index (χ2v) is 7.30. The number of nitriles is 1. The molecule has 0 aliphatic carbocycles. The molecule has 1 unspecified atom stereocenters. The lowest BCUT2D eigenvalue weighted by Gasteiger charge is -2.34. The largest absolute Gasteiger partial charge is 0.488 e. The first-order valence-electron chi connectivity index (χ1n) is 9.71. The van der Waals surface area contributed by atoms with E-state index in [1.165, 1.54) is 41.4 Å². The Labute approximate surface area is 179 Å². The molecule has 2 aromatic rings. The Bertz CT molecular complexity index is 990. The molecule has 10 heteroatoms. The van der Waals surface area contributed by atoms with Gasteiger partial charge in [0, 0.05) is 38.5 Å². The fourth-order valence-electron chi connectivity index (χ4n) is 3.21. The molecule has 2 heterocycles. The molecule has 1 fully saturated rings. The number of aromatic nitrogens is 1. The minimum Gasteiger partial charge on any atom is -0.488 e. The number of anilines is 2. The van der Waals surface area contributed by atoms with E-state index in [2.05, 4.69) is 15.6 Å². The van der Waals surface area contributed by atoms with Crippen molar-refractivity contribution >= 4 is 23.4 Å². The molecule has 3 rings (SSSR count). The van der Waals surface area contributed by atoms with Gasteiger partial charge in [-0.25, -0.2) is 19.0 Å². The monoisotopic (exact) mass is 426 g/mol. The molecule has 0 saturated carbocycles. The number of hydrogen-bond donors (Lipinski definition) is 2. The van der Waals surface area contributed by atoms with Crippen molar-refractivity contribution in [1.82, 2.24) is 14.8 Å². The second kappa shape index (κ2) is 9.75. The van der Waals surface area contributed by atoms with Crippen molar-refractivity contribution < 1.29 is 18.7 Å². The van der Waals surface area contributed by atoms with E-state index in [0.29, 0.717) is 18.8 Å². The van der Waals surface area contributed by atoms with Gasteiger partial charge in [0.2, 0.25) is 0 Å². The number of hydrogen-bond acceptors (Lipinski definition) is 5. The van der Waals surface area contributed by atoms with E-state index in [4.69, 9.17) is 10.00 Å². The third-order valence-corrected chi connectivity index (χ3v) is 4.60. The number of ether oxygens (including phenoxy) is 1. The van der Waals surface area contributed by atoms with Crippen LogP contribution in [0, 0.1) is 17.1 Å². The fraction of sp³-hybridized carbons (Fsp3) is 0.333. The molecule has 4 amide bonds. The smallest absolute Gasteiger partial charge is 0.323 e. The number of nitrogens with one attached hydrogen (secondary N) is 2. The van der Waals surface area contributed by atoms with Crippen LogP contribution >= 0.6 is 0 Å². The Morgan fingerprint density at radius 2 is 2.03 bits per heavy atom. The zero-order chi connectivity index (χ0) is 22.4. The molecule has 9 nitrogen and oxygen atoms in total. The lowest BCUT2D eigenvalue weighted by molar-refractivity contribution is 0.0912. The van der Waals surface area contributed by atoms with E-state index >= 15 is 0 Å². The summed E-state index contributed by atoms with van der Waals surface area (Å²) in [5.74, 6) is -0.302. The highest BCUT2D eigenvalue weighted by Gasteiger charge is 2.26. The van der Waals surface area contributed by atoms with Crippen LogP contribution in [0.25, 0.3) is 0 Å². The van der Waals surface area contributed by atoms with Gasteiger partial charge < -0.3 is 25.2 Å². The average Bonchev–Trinajstić information content (AvgIpc) is 2.73. The number of amides is 4. The van der Waals surface area contributed by atoms with Crippen LogP contribution in [0.3, 0.4) is 0 Å². The summed E-state index contributed by atoms with van der Waals surface area (Å²) in [6.45, 7) is 1.06. The van der Waals surface area contributed by atoms with Crippen LogP contribution < -0.4 is 15.4 Å². The third-order valence-electron chi connectivity index (χ3n) is 4.60. The Balaban J connectivity index is 1.62. The first-order valence-corrected chi connectivity index (χ1v) is 9.71. The predicted octanol–water partition coefficient (Wildman–Crippen LogP) is 3.26. The number of carbonyl (C=O) groups excluding carboxylic acids is 2. The van der Waals surface area contributed by atoms with E-state index in [9.17, 15) is 14.0 Å². The number of carbonyl (C=O) groups is 2. The molecule has 1 aliphatic rings. The van der Waals surface area contributed by atoms with Gasteiger partial charge >= 0.3 is 12.1 Å². The zero-order valence-corrected chi connectivity index (χ0v) is 17.3. The Hall–Kier alpha value is -3.87. The Kier molecular flexibility index (Phi) is 6.87. The van der Waals surface area contributed by atoms with E-state index in [-0.39, 0.29) is 29.3 Å². The summed E-state index contributed by atoms with van der Waals surface area (Å²) in [5, 5.41) is 13.9. The van der Waals surface area contributed by atoms with Gasteiger partial charge in [-0.15, -0.1) is 0 Å². The molecule has 1 aliphatic heterocycles. The molecule has 2 N–H and O–H groups in total. The van der Waals surface area contributed by atoms with Crippen LogP contribution in [-0.2, 0) is 0 Å². The maximum Gasteiger partial charge on any atom is 0.323 e. The quantitative estimate of drug-likeness (QED) is 0.780. The van der Waals surface area contributed by atoms with Crippen molar-refractivity contribution in [3.05, 3.63) is 48.0 Å². The summed E-state index contributed by atoms with van der Waals surface area (Å²) in [6.07, 6.45) is 2.60. The molecule has 162 valence electrons. The molecule has 1 saturated heterocycles. The van der Waals surface area contributed by atoms with Gasteiger partial charge in [0.15, 0.2) is 0 Å². The fourth-order valence-corrected chi connectivity index (χ4v) is 3.21. The van der Waals surface area contributed by atoms with Gasteiger partial charge in [0.1, 0.15) is 29.4 Å². The molecule has 0 radical (unpaired) electrons. The molecule has 1 aromatic heterocycles. The number of piperidine rings is 1. The van der Waals surface area contributed by atoms with E-state index in [1.807, 2.05) is 6.07 Å². The first-order chi connectivity index (χ1) is 14.8. The average molecular weight is 426 g/mol. The number of pyridine rings is 1. The highest BCUT2D eigenvalue weighted by atomic mass is 19.1. The molecule has 1 aromatic carbocycles. The summed E-state index contributed by atoms with van der Waals surface area (Å²) < 4.78 is 20.0. The van der Waals surface area contributed by atoms with Crippen LogP contribution in [-0.4, -0.2) is 60.1 Å². The topological polar surface area (TPSA) is 111 Å². The van der Waals surface area contributed by atoms with Crippen molar-refractivity contribution in [1.29, 1.82) is 5.26 Å². The number of nitrogens with zero attached hydrogens (tertiary/aromatic N) is 4. The highest BCUT2D eigenvalue weighted by molar-refractivity contribution is 5.99. The summed E-state index contributed by atoms with van der Waals surface area (Å²) >= 11 is 0. The van der Waals surface area contributed by atoms with Crippen molar-refractivity contribution in [3.8, 4) is 11.8 Å². The normalized spacial score (nSPS) is 15.5. The minimum absolute atomic E-state index is 0.0936. The van der Waals surface area contributed by atoms with Crippen molar-refractivity contribution in [2.75, 3.05) is 37.8 Å². The predicted molar refractivity (Wildman–Crippen MR) is 112 cm³/mol. The Morgan fingerprint density at radius 3 is 2.71 bits per heavy atom. The van der Waals surface area contributed by atoms with Crippen LogP contribution in [0.2, 0.25) is 0 Å². The van der Waals surface area contributed by atoms with Gasteiger partial charge in [-0.1, -0.05) is 0 Å². The SMILES string of the molecule is CN(C)C(=O)N1CCCC(Oc2cc(F)cc(NC(=O)Nc3ccc(C#N)nc3)c2)C1. The standard InChI is InChI=1S/C21H23FN6O3/c1-27(2)21(30)28-7-3-4-18(13-28)31-19-9-14(22)8-17(10-19)26-20(29)25-16-6-5-15(11-23)24-12-16/h5-6,8-10,12,18H,3-4,7,13H2,1-2H3,(H2,25,26,29). The van der Waals surface area contributed by atoms with Crippen LogP contribution in [0.4, 0.5) is 25.4 Å². The number of halogens is 1. The van der Waals surface area contributed by atoms with Gasteiger partial charge in [-0.05, 0) is 31.0 Å². The number of urea groups is 2. The van der Waals surface area contributed by atoms with Crippen molar-refractivity contribution in [2.24, 2.45) is 0 Å². The summed E-state index contributed by atoms with van der Waals surface area (Å²) in [6, 6.07) is 8.14. The molecule has 1 atom stereocenters. The molecule has 31 heavy (non-hydrogen) atoms. The van der Waals surface area contributed by atoms with Crippen LogP contribution in [0.5, 0.6) is 5.75 Å². The number of benzene rings is 1. The summed E-state index contributed by atoms with van der Waals surface area (Å²) in [7, 11) is 3.38. The van der Waals surface area contributed by atoms with Crippen molar-refractivity contribution in [3.63, 3.8) is 0 Å². The molecule has 0 bridgehead atoms. The highest BCUT2D eigenvalue weighted by Crippen LogP contribution is 2.24. The number of rotatable bonds is 4. The zero-order valence-electron chi connectivity index (χ0n) is 17.3. The van der Waals surface area contributed by atoms with Crippen LogP contribution in [0.1, 0.15) is 18.5 Å². The lowest BCUT2D eigenvalue weighted by atomic mass is 10.1. The summed E-state index contributed by atoms with van der Waals surface area (Å²) in [4.78, 5) is 31.5. The van der Waals surface area contributed by atoms with E-state index < -0.39 is 11.8 Å². The van der Waals surface area contributed by atoms with E-state index in [0.717, 1.165) is 12.8 Å². The summed E-state index contributed by atoms with van der Waals surface area (Å²) in [5.41, 5.74) is 0.829. The maximum atomic E-state index is 14.1. The lowest BCUT2D eigenvalue weighted by Crippen LogP contribution is -2.48. The number of likely N-dealkylation sites (tertiary alicyclic amines) is 1. The molecule has 0 spiro atoms. The van der Waals surface area contributed by atoms with E-state index in [1.54, 1.807) is 19.0 Å². The van der Waals surface area contributed by atoms with Crippen molar-refractivity contribution in [2.45, 2.75) is 18.9 Å². The minimum atomic E-state index is -0.594. The Morgan fingerprint density at radius 1 is 1.26 bits per heavy atom. The van der Waals surface area contributed by atoms with Gasteiger partial charge in [-0.2, -0.15) is 5.26 Å². The molecular formula is C21H23FN6O3. The second-order valence-electron chi connectivity index (χ2n) is 7.30. The third kappa shape index (κ3) is 6.05.